The molecule has 3 fully saturated rings. The maximum atomic E-state index is 3.73. The molecule has 1 unspecified atom stereocenters. The number of piperidine rings is 3. The number of aryl methyl sites for hydroxylation is 1. The van der Waals surface area contributed by atoms with Gasteiger partial charge >= 0.3 is 0 Å². The van der Waals surface area contributed by atoms with Crippen molar-refractivity contribution in [1.29, 1.82) is 0 Å². The van der Waals surface area contributed by atoms with E-state index in [1.807, 2.05) is 0 Å². The molecule has 17 heavy (non-hydrogen) atoms. The molecule has 0 amide bonds. The predicted molar refractivity (Wildman–Crippen MR) is 75.5 cm³/mol. The monoisotopic (exact) mass is 294 g/mol. The number of halogens is 1. The molecule has 4 rings (SSSR count). The topological polar surface area (TPSA) is 15.3 Å². The molecule has 3 saturated heterocycles. The van der Waals surface area contributed by atoms with Gasteiger partial charge in [-0.2, -0.15) is 0 Å². The second-order valence-corrected chi connectivity index (χ2v) is 6.23. The number of anilines is 1. The van der Waals surface area contributed by atoms with Crippen LogP contribution in [0.4, 0.5) is 5.69 Å². The van der Waals surface area contributed by atoms with Crippen LogP contribution in [0.5, 0.6) is 0 Å². The van der Waals surface area contributed by atoms with Crippen molar-refractivity contribution in [3.8, 4) is 0 Å². The lowest BCUT2D eigenvalue weighted by atomic mass is 9.84. The summed E-state index contributed by atoms with van der Waals surface area (Å²) in [4.78, 5) is 2.58. The Labute approximate surface area is 112 Å². The number of hydrogen-bond donors (Lipinski definition) is 1. The fraction of sp³-hybridized carbons (Fsp3) is 0.571. The zero-order valence-corrected chi connectivity index (χ0v) is 11.8. The fourth-order valence-electron chi connectivity index (χ4n) is 3.08. The minimum absolute atomic E-state index is 0.635. The lowest BCUT2D eigenvalue weighted by Gasteiger charge is -2.45. The molecule has 1 aromatic carbocycles. The van der Waals surface area contributed by atoms with Gasteiger partial charge in [-0.05, 0) is 72.4 Å². The van der Waals surface area contributed by atoms with E-state index in [0.29, 0.717) is 6.04 Å². The number of nitrogens with one attached hydrogen (secondary N) is 1. The van der Waals surface area contributed by atoms with Crippen LogP contribution in [-0.2, 0) is 0 Å². The second kappa shape index (κ2) is 4.62. The van der Waals surface area contributed by atoms with E-state index < -0.39 is 0 Å². The van der Waals surface area contributed by atoms with Crippen molar-refractivity contribution >= 4 is 21.6 Å². The van der Waals surface area contributed by atoms with Crippen molar-refractivity contribution in [1.82, 2.24) is 4.90 Å². The van der Waals surface area contributed by atoms with Gasteiger partial charge in [0.05, 0.1) is 0 Å². The molecule has 92 valence electrons. The molecule has 3 aliphatic heterocycles. The van der Waals surface area contributed by atoms with Crippen molar-refractivity contribution in [3.63, 3.8) is 0 Å². The normalized spacial score (nSPS) is 31.5. The summed E-state index contributed by atoms with van der Waals surface area (Å²) in [6.07, 6.45) is 2.72. The van der Waals surface area contributed by atoms with Gasteiger partial charge in [0.15, 0.2) is 0 Å². The van der Waals surface area contributed by atoms with Gasteiger partial charge < -0.3 is 10.2 Å². The summed E-state index contributed by atoms with van der Waals surface area (Å²) < 4.78 is 1.18. The third-order valence-electron chi connectivity index (χ3n) is 4.12. The third-order valence-corrected chi connectivity index (χ3v) is 4.81. The molecule has 0 aliphatic carbocycles. The van der Waals surface area contributed by atoms with Crippen molar-refractivity contribution in [2.75, 3.05) is 25.0 Å². The van der Waals surface area contributed by atoms with Gasteiger partial charge in [0, 0.05) is 22.7 Å². The Morgan fingerprint density at radius 1 is 1.29 bits per heavy atom. The van der Waals surface area contributed by atoms with Gasteiger partial charge in [0.25, 0.3) is 0 Å². The summed E-state index contributed by atoms with van der Waals surface area (Å²) in [7, 11) is 0. The molecule has 1 N–H and O–H groups in total. The first-order chi connectivity index (χ1) is 8.22. The Kier molecular flexibility index (Phi) is 3.14. The number of benzene rings is 1. The van der Waals surface area contributed by atoms with E-state index in [4.69, 9.17) is 0 Å². The fourth-order valence-corrected chi connectivity index (χ4v) is 3.44. The summed E-state index contributed by atoms with van der Waals surface area (Å²) in [6, 6.07) is 7.16. The highest BCUT2D eigenvalue weighted by Crippen LogP contribution is 2.32. The molecule has 1 aromatic rings. The average molecular weight is 295 g/mol. The third kappa shape index (κ3) is 2.36. The van der Waals surface area contributed by atoms with E-state index >= 15 is 0 Å². The molecule has 2 nitrogen and oxygen atoms in total. The highest BCUT2D eigenvalue weighted by atomic mass is 79.9. The Hall–Kier alpha value is -0.540. The number of nitrogens with zero attached hydrogens (tertiary/aromatic N) is 1. The quantitative estimate of drug-likeness (QED) is 0.901. The second-order valence-electron chi connectivity index (χ2n) is 5.37. The van der Waals surface area contributed by atoms with Gasteiger partial charge in [-0.15, -0.1) is 0 Å². The molecule has 3 heterocycles. The first-order valence-corrected chi connectivity index (χ1v) is 7.27. The summed E-state index contributed by atoms with van der Waals surface area (Å²) in [5.41, 5.74) is 2.57. The molecule has 0 saturated carbocycles. The van der Waals surface area contributed by atoms with Crippen LogP contribution in [0, 0.1) is 12.8 Å². The van der Waals surface area contributed by atoms with Crippen molar-refractivity contribution in [3.05, 3.63) is 28.2 Å². The molecular formula is C14H19BrN2. The molecule has 0 spiro atoms. The van der Waals surface area contributed by atoms with Crippen LogP contribution in [0.25, 0.3) is 0 Å². The molecule has 1 atom stereocenters. The zero-order valence-electron chi connectivity index (χ0n) is 10.2. The highest BCUT2D eigenvalue weighted by molar-refractivity contribution is 9.10. The molecule has 3 heteroatoms. The molecular weight excluding hydrogens is 276 g/mol. The van der Waals surface area contributed by atoms with Gasteiger partial charge in [0.2, 0.25) is 0 Å². The van der Waals surface area contributed by atoms with E-state index in [0.717, 1.165) is 5.92 Å². The minimum atomic E-state index is 0.635. The van der Waals surface area contributed by atoms with Crippen LogP contribution < -0.4 is 5.32 Å². The average Bonchev–Trinajstić information content (AvgIpc) is 2.35. The van der Waals surface area contributed by atoms with Crippen molar-refractivity contribution in [2.45, 2.75) is 25.8 Å². The maximum Gasteiger partial charge on any atom is 0.0489 e. The van der Waals surface area contributed by atoms with Gasteiger partial charge in [-0.25, -0.2) is 0 Å². The number of hydrogen-bond acceptors (Lipinski definition) is 2. The van der Waals surface area contributed by atoms with Crippen LogP contribution in [0.3, 0.4) is 0 Å². The van der Waals surface area contributed by atoms with E-state index in [1.165, 1.54) is 48.2 Å². The summed E-state index contributed by atoms with van der Waals surface area (Å²) in [5.74, 6) is 0.868. The first-order valence-electron chi connectivity index (χ1n) is 6.47. The Morgan fingerprint density at radius 2 is 2.06 bits per heavy atom. The van der Waals surface area contributed by atoms with E-state index in [2.05, 4.69) is 51.3 Å². The maximum absolute atomic E-state index is 3.73. The van der Waals surface area contributed by atoms with Crippen LogP contribution >= 0.6 is 15.9 Å². The molecule has 0 aromatic heterocycles. The van der Waals surface area contributed by atoms with Crippen molar-refractivity contribution in [2.24, 2.45) is 5.92 Å². The summed E-state index contributed by atoms with van der Waals surface area (Å²) >= 11 is 3.63. The van der Waals surface area contributed by atoms with Crippen molar-refractivity contribution < 1.29 is 0 Å². The zero-order chi connectivity index (χ0) is 11.8. The Morgan fingerprint density at radius 3 is 2.71 bits per heavy atom. The smallest absolute Gasteiger partial charge is 0.0489 e. The van der Waals surface area contributed by atoms with E-state index in [1.54, 1.807) is 0 Å². The number of fused-ring (bicyclic) bond motifs is 3. The van der Waals surface area contributed by atoms with Gasteiger partial charge in [-0.1, -0.05) is 6.07 Å². The standard InChI is InChI=1S/C14H19BrN2/c1-10-2-3-12(15)13(8-10)16-14-9-17-6-4-11(14)5-7-17/h2-3,8,11,14,16H,4-7,9H2,1H3. The van der Waals surface area contributed by atoms with Crippen LogP contribution in [-0.4, -0.2) is 30.6 Å². The largest absolute Gasteiger partial charge is 0.380 e. The molecule has 0 radical (unpaired) electrons. The SMILES string of the molecule is Cc1ccc(Br)c(NC2CN3CCC2CC3)c1. The van der Waals surface area contributed by atoms with Crippen LogP contribution in [0.2, 0.25) is 0 Å². The summed E-state index contributed by atoms with van der Waals surface area (Å²) in [6.45, 7) is 5.97. The molecule has 3 aliphatic rings. The Bertz CT molecular complexity index is 411. The van der Waals surface area contributed by atoms with Crippen LogP contribution in [0.15, 0.2) is 22.7 Å². The Balaban J connectivity index is 1.76. The molecule has 2 bridgehead atoms. The van der Waals surface area contributed by atoms with E-state index in [-0.39, 0.29) is 0 Å². The highest BCUT2D eigenvalue weighted by Gasteiger charge is 2.34. The van der Waals surface area contributed by atoms with Gasteiger partial charge in [-0.3, -0.25) is 0 Å². The number of rotatable bonds is 2. The first kappa shape index (κ1) is 11.5. The van der Waals surface area contributed by atoms with Crippen LogP contribution in [0.1, 0.15) is 18.4 Å². The van der Waals surface area contributed by atoms with Gasteiger partial charge in [0.1, 0.15) is 0 Å². The lowest BCUT2D eigenvalue weighted by molar-refractivity contribution is 0.0975. The minimum Gasteiger partial charge on any atom is -0.380 e. The predicted octanol–water partition coefficient (Wildman–Crippen LogP) is 3.26. The van der Waals surface area contributed by atoms with E-state index in [9.17, 15) is 0 Å². The summed E-state index contributed by atoms with van der Waals surface area (Å²) in [5, 5.41) is 3.73. The lowest BCUT2D eigenvalue weighted by Crippen LogP contribution is -2.53.